The molecule has 24 heavy (non-hydrogen) atoms. The number of halogens is 1. The van der Waals surface area contributed by atoms with E-state index < -0.39 is 23.3 Å². The SMILES string of the molecule is CC(C)(CCC(=O)O)NC(=O)C1CCN(c2ccc(F)cc2)C1=O. The first kappa shape index (κ1) is 17.9. The van der Waals surface area contributed by atoms with Gasteiger partial charge in [-0.1, -0.05) is 0 Å². The highest BCUT2D eigenvalue weighted by Crippen LogP contribution is 2.26. The number of aliphatic carboxylic acids is 1. The molecular formula is C17H21FN2O4. The molecule has 2 rings (SSSR count). The van der Waals surface area contributed by atoms with E-state index in [0.717, 1.165) is 0 Å². The zero-order valence-corrected chi connectivity index (χ0v) is 13.7. The van der Waals surface area contributed by atoms with Gasteiger partial charge in [0, 0.05) is 24.2 Å². The molecule has 130 valence electrons. The number of nitrogens with one attached hydrogen (secondary N) is 1. The molecule has 0 aliphatic carbocycles. The van der Waals surface area contributed by atoms with Crippen molar-refractivity contribution in [1.29, 1.82) is 0 Å². The Hall–Kier alpha value is -2.44. The molecule has 1 aliphatic rings. The van der Waals surface area contributed by atoms with Gasteiger partial charge in [0.15, 0.2) is 0 Å². The van der Waals surface area contributed by atoms with Gasteiger partial charge < -0.3 is 15.3 Å². The molecular weight excluding hydrogens is 315 g/mol. The molecule has 0 spiro atoms. The summed E-state index contributed by atoms with van der Waals surface area (Å²) in [5, 5.41) is 11.5. The van der Waals surface area contributed by atoms with Crippen LogP contribution in [0.15, 0.2) is 24.3 Å². The summed E-state index contributed by atoms with van der Waals surface area (Å²) in [6.45, 7) is 3.84. The van der Waals surface area contributed by atoms with Crippen LogP contribution in [0.25, 0.3) is 0 Å². The molecule has 0 saturated carbocycles. The molecule has 1 aromatic rings. The van der Waals surface area contributed by atoms with E-state index in [-0.39, 0.29) is 24.6 Å². The van der Waals surface area contributed by atoms with Crippen LogP contribution >= 0.6 is 0 Å². The molecule has 1 unspecified atom stereocenters. The largest absolute Gasteiger partial charge is 0.481 e. The van der Waals surface area contributed by atoms with E-state index in [1.165, 1.54) is 29.2 Å². The summed E-state index contributed by atoms with van der Waals surface area (Å²) in [4.78, 5) is 37.0. The van der Waals surface area contributed by atoms with Crippen molar-refractivity contribution < 1.29 is 23.9 Å². The summed E-state index contributed by atoms with van der Waals surface area (Å²) in [7, 11) is 0. The predicted molar refractivity (Wildman–Crippen MR) is 86.0 cm³/mol. The van der Waals surface area contributed by atoms with Gasteiger partial charge in [-0.3, -0.25) is 14.4 Å². The Morgan fingerprint density at radius 3 is 2.54 bits per heavy atom. The summed E-state index contributed by atoms with van der Waals surface area (Å²) in [6.07, 6.45) is 0.585. The topological polar surface area (TPSA) is 86.7 Å². The molecule has 1 heterocycles. The standard InChI is InChI=1S/C17H21FN2O4/c1-17(2,9-7-14(21)22)19-15(23)13-8-10-20(16(13)24)12-5-3-11(18)4-6-12/h3-6,13H,7-10H2,1-2H3,(H,19,23)(H,21,22). The van der Waals surface area contributed by atoms with Gasteiger partial charge in [0.05, 0.1) is 0 Å². The number of amides is 2. The van der Waals surface area contributed by atoms with Crippen LogP contribution in [0.4, 0.5) is 10.1 Å². The van der Waals surface area contributed by atoms with E-state index in [0.29, 0.717) is 18.7 Å². The van der Waals surface area contributed by atoms with Crippen LogP contribution in [0.2, 0.25) is 0 Å². The van der Waals surface area contributed by atoms with Gasteiger partial charge >= 0.3 is 5.97 Å². The minimum absolute atomic E-state index is 0.0619. The molecule has 6 nitrogen and oxygen atoms in total. The Labute approximate surface area is 139 Å². The van der Waals surface area contributed by atoms with Gasteiger partial charge in [-0.2, -0.15) is 0 Å². The molecule has 2 amide bonds. The van der Waals surface area contributed by atoms with Crippen LogP contribution < -0.4 is 10.2 Å². The van der Waals surface area contributed by atoms with Crippen molar-refractivity contribution >= 4 is 23.5 Å². The van der Waals surface area contributed by atoms with Gasteiger partial charge in [0.1, 0.15) is 11.7 Å². The average Bonchev–Trinajstić information content (AvgIpc) is 2.88. The smallest absolute Gasteiger partial charge is 0.303 e. The third-order valence-electron chi connectivity index (χ3n) is 4.09. The van der Waals surface area contributed by atoms with Crippen LogP contribution in [-0.2, 0) is 14.4 Å². The Bertz CT molecular complexity index is 642. The van der Waals surface area contributed by atoms with Crippen molar-refractivity contribution in [3.63, 3.8) is 0 Å². The van der Waals surface area contributed by atoms with Crippen molar-refractivity contribution in [1.82, 2.24) is 5.32 Å². The predicted octanol–water partition coefficient (Wildman–Crippen LogP) is 1.94. The second-order valence-corrected chi connectivity index (χ2v) is 6.57. The zero-order chi connectivity index (χ0) is 17.9. The van der Waals surface area contributed by atoms with Crippen molar-refractivity contribution in [3.8, 4) is 0 Å². The molecule has 1 atom stereocenters. The molecule has 0 aromatic heterocycles. The number of benzene rings is 1. The van der Waals surface area contributed by atoms with Crippen molar-refractivity contribution in [2.75, 3.05) is 11.4 Å². The van der Waals surface area contributed by atoms with Gasteiger partial charge in [-0.05, 0) is 51.0 Å². The van der Waals surface area contributed by atoms with Gasteiger partial charge in [0.2, 0.25) is 11.8 Å². The number of carbonyl (C=O) groups is 3. The van der Waals surface area contributed by atoms with Crippen LogP contribution in [-0.4, -0.2) is 35.0 Å². The molecule has 1 fully saturated rings. The number of carboxylic acid groups (broad SMARTS) is 1. The maximum absolute atomic E-state index is 13.0. The van der Waals surface area contributed by atoms with E-state index in [9.17, 15) is 18.8 Å². The summed E-state index contributed by atoms with van der Waals surface area (Å²) in [5.41, 5.74) is -0.152. The molecule has 2 N–H and O–H groups in total. The quantitative estimate of drug-likeness (QED) is 0.777. The minimum Gasteiger partial charge on any atom is -0.481 e. The van der Waals surface area contributed by atoms with Gasteiger partial charge in [0.25, 0.3) is 0 Å². The Balaban J connectivity index is 2.00. The van der Waals surface area contributed by atoms with Crippen LogP contribution in [0.1, 0.15) is 33.1 Å². The number of hydrogen-bond donors (Lipinski definition) is 2. The Morgan fingerprint density at radius 2 is 1.96 bits per heavy atom. The number of carbonyl (C=O) groups excluding carboxylic acids is 2. The lowest BCUT2D eigenvalue weighted by molar-refractivity contribution is -0.138. The molecule has 0 radical (unpaired) electrons. The summed E-state index contributed by atoms with van der Waals surface area (Å²) < 4.78 is 13.0. The van der Waals surface area contributed by atoms with E-state index in [1.54, 1.807) is 13.8 Å². The first-order valence-corrected chi connectivity index (χ1v) is 7.80. The maximum atomic E-state index is 13.0. The summed E-state index contributed by atoms with van der Waals surface area (Å²) >= 11 is 0. The monoisotopic (exact) mass is 336 g/mol. The van der Waals surface area contributed by atoms with E-state index in [1.807, 2.05) is 0 Å². The fourth-order valence-electron chi connectivity index (χ4n) is 2.70. The Kier molecular flexibility index (Phi) is 5.21. The summed E-state index contributed by atoms with van der Waals surface area (Å²) in [6, 6.07) is 5.55. The van der Waals surface area contributed by atoms with Gasteiger partial charge in [-0.25, -0.2) is 4.39 Å². The second kappa shape index (κ2) is 6.98. The lowest BCUT2D eigenvalue weighted by Gasteiger charge is -2.27. The van der Waals surface area contributed by atoms with Crippen LogP contribution in [0.5, 0.6) is 0 Å². The van der Waals surface area contributed by atoms with Gasteiger partial charge in [-0.15, -0.1) is 0 Å². The highest BCUT2D eigenvalue weighted by atomic mass is 19.1. The van der Waals surface area contributed by atoms with E-state index >= 15 is 0 Å². The number of anilines is 1. The molecule has 1 saturated heterocycles. The van der Waals surface area contributed by atoms with Crippen molar-refractivity contribution in [3.05, 3.63) is 30.1 Å². The first-order chi connectivity index (χ1) is 11.2. The average molecular weight is 336 g/mol. The fraction of sp³-hybridized carbons (Fsp3) is 0.471. The molecule has 0 bridgehead atoms. The van der Waals surface area contributed by atoms with E-state index in [4.69, 9.17) is 5.11 Å². The first-order valence-electron chi connectivity index (χ1n) is 7.80. The highest BCUT2D eigenvalue weighted by molar-refractivity contribution is 6.09. The maximum Gasteiger partial charge on any atom is 0.303 e. The molecule has 1 aromatic carbocycles. The van der Waals surface area contributed by atoms with Crippen molar-refractivity contribution in [2.45, 2.75) is 38.6 Å². The molecule has 1 aliphatic heterocycles. The number of hydrogen-bond acceptors (Lipinski definition) is 3. The number of rotatable bonds is 6. The third-order valence-corrected chi connectivity index (χ3v) is 4.09. The second-order valence-electron chi connectivity index (χ2n) is 6.57. The molecule has 7 heteroatoms. The zero-order valence-electron chi connectivity index (χ0n) is 13.7. The summed E-state index contributed by atoms with van der Waals surface area (Å²) in [5.74, 6) is -2.86. The lowest BCUT2D eigenvalue weighted by atomic mass is 9.96. The van der Waals surface area contributed by atoms with Crippen LogP contribution in [0, 0.1) is 11.7 Å². The lowest BCUT2D eigenvalue weighted by Crippen LogP contribution is -2.48. The highest BCUT2D eigenvalue weighted by Gasteiger charge is 2.39. The van der Waals surface area contributed by atoms with E-state index in [2.05, 4.69) is 5.32 Å². The number of carboxylic acids is 1. The van der Waals surface area contributed by atoms with Crippen molar-refractivity contribution in [2.24, 2.45) is 5.92 Å². The number of nitrogens with zero attached hydrogens (tertiary/aromatic N) is 1. The third kappa shape index (κ3) is 4.31. The minimum atomic E-state index is -0.934. The fourth-order valence-corrected chi connectivity index (χ4v) is 2.70. The Morgan fingerprint density at radius 1 is 1.33 bits per heavy atom. The normalized spacial score (nSPS) is 17.9. The van der Waals surface area contributed by atoms with Crippen LogP contribution in [0.3, 0.4) is 0 Å².